The number of anilines is 1. The van der Waals surface area contributed by atoms with Gasteiger partial charge in [-0.05, 0) is 115 Å². The Hall–Kier alpha value is -4.63. The summed E-state index contributed by atoms with van der Waals surface area (Å²) in [6.45, 7) is 16.6. The third kappa shape index (κ3) is 8.29. The first kappa shape index (κ1) is 40.2. The molecule has 0 bridgehead atoms. The second kappa shape index (κ2) is 15.5. The highest BCUT2D eigenvalue weighted by Crippen LogP contribution is 2.48. The molecule has 2 aromatic heterocycles. The van der Waals surface area contributed by atoms with Gasteiger partial charge in [0, 0.05) is 67.1 Å². The predicted molar refractivity (Wildman–Crippen MR) is 218 cm³/mol. The Morgan fingerprint density at radius 2 is 1.69 bits per heavy atom. The Balaban J connectivity index is 1.17. The van der Waals surface area contributed by atoms with E-state index in [0.717, 1.165) is 81.2 Å². The van der Waals surface area contributed by atoms with Gasteiger partial charge in [0.1, 0.15) is 23.0 Å². The molecule has 4 aliphatic rings. The van der Waals surface area contributed by atoms with E-state index >= 15 is 0 Å². The van der Waals surface area contributed by atoms with Crippen LogP contribution in [0.25, 0.3) is 39.0 Å². The van der Waals surface area contributed by atoms with Crippen LogP contribution in [0.4, 0.5) is 23.8 Å². The van der Waals surface area contributed by atoms with E-state index in [2.05, 4.69) is 38.5 Å². The number of aryl methyl sites for hydroxylation is 1. The quantitative estimate of drug-likeness (QED) is 0.189. The zero-order chi connectivity index (χ0) is 41.0. The van der Waals surface area contributed by atoms with Gasteiger partial charge in [-0.15, -0.1) is 0 Å². The number of alkyl halides is 3. The monoisotopic (exact) mass is 804 g/mol. The maximum absolute atomic E-state index is 14.1. The summed E-state index contributed by atoms with van der Waals surface area (Å²) in [5.74, 6) is 0.569. The summed E-state index contributed by atoms with van der Waals surface area (Å²) < 4.78 is 60.4. The van der Waals surface area contributed by atoms with Crippen LogP contribution in [0.1, 0.15) is 70.4 Å². The summed E-state index contributed by atoms with van der Waals surface area (Å²) in [6.07, 6.45) is 3.74. The van der Waals surface area contributed by atoms with Crippen LogP contribution in [0.5, 0.6) is 11.8 Å². The Kier molecular flexibility index (Phi) is 10.7. The number of nitrogens with one attached hydrogen (secondary N) is 1. The first-order chi connectivity index (χ1) is 27.6. The molecule has 1 amide bonds. The second-order valence-electron chi connectivity index (χ2n) is 17.8. The number of halogens is 3. The van der Waals surface area contributed by atoms with Crippen LogP contribution in [0, 0.1) is 12.3 Å². The van der Waals surface area contributed by atoms with E-state index in [1.54, 1.807) is 17.2 Å². The topological polar surface area (TPSA) is 112 Å². The van der Waals surface area contributed by atoms with Crippen LogP contribution in [0.15, 0.2) is 31.0 Å². The SMILES string of the molecule is C=Cc1cc2c(N3CCC4(CC3)CN(C(=O)OC(C)(C)C)C4)nc(OC3CCN(C4CCN(C)CC4)CC3)nc2c(OCC(F)(F)F)c1-c1c(C)ccc2[nH]ncc12. The molecule has 6 heterocycles. The van der Waals surface area contributed by atoms with Crippen molar-refractivity contribution in [1.29, 1.82) is 0 Å². The number of aromatic nitrogens is 4. The fourth-order valence-electron chi connectivity index (χ4n) is 9.28. The molecule has 2 aromatic carbocycles. The number of hydrogen-bond acceptors (Lipinski definition) is 10. The Morgan fingerprint density at radius 1 is 0.983 bits per heavy atom. The molecule has 8 rings (SSSR count). The molecule has 0 unspecified atom stereocenters. The van der Waals surface area contributed by atoms with Crippen molar-refractivity contribution in [3.63, 3.8) is 0 Å². The van der Waals surface area contributed by atoms with Crippen molar-refractivity contribution in [2.75, 3.05) is 70.9 Å². The Labute approximate surface area is 337 Å². The van der Waals surface area contributed by atoms with E-state index in [9.17, 15) is 18.0 Å². The summed E-state index contributed by atoms with van der Waals surface area (Å²) in [5, 5.41) is 8.53. The van der Waals surface area contributed by atoms with Crippen LogP contribution in [-0.4, -0.2) is 131 Å². The minimum atomic E-state index is -4.61. The van der Waals surface area contributed by atoms with Gasteiger partial charge in [-0.25, -0.2) is 4.79 Å². The van der Waals surface area contributed by atoms with Crippen molar-refractivity contribution in [2.45, 2.75) is 90.1 Å². The number of ether oxygens (including phenoxy) is 3. The number of carbonyl (C=O) groups excluding carboxylic acids is 1. The molecule has 0 atom stereocenters. The number of piperidine rings is 3. The van der Waals surface area contributed by atoms with Gasteiger partial charge in [0.15, 0.2) is 12.4 Å². The van der Waals surface area contributed by atoms with E-state index in [1.165, 1.54) is 0 Å². The second-order valence-corrected chi connectivity index (χ2v) is 17.8. The van der Waals surface area contributed by atoms with E-state index < -0.39 is 18.4 Å². The molecular weight excluding hydrogens is 750 g/mol. The molecule has 4 saturated heterocycles. The van der Waals surface area contributed by atoms with Gasteiger partial charge in [-0.1, -0.05) is 18.7 Å². The lowest BCUT2D eigenvalue weighted by atomic mass is 9.72. The molecule has 1 spiro atoms. The number of benzene rings is 2. The van der Waals surface area contributed by atoms with Gasteiger partial charge in [-0.3, -0.25) is 5.10 Å². The van der Waals surface area contributed by atoms with Crippen LogP contribution in [0.2, 0.25) is 0 Å². The normalized spacial score (nSPS) is 20.1. The summed E-state index contributed by atoms with van der Waals surface area (Å²) in [5.41, 5.74) is 2.92. The highest BCUT2D eigenvalue weighted by molar-refractivity contribution is 6.07. The van der Waals surface area contributed by atoms with Gasteiger partial charge >= 0.3 is 18.3 Å². The number of likely N-dealkylation sites (tertiary alicyclic amines) is 3. The highest BCUT2D eigenvalue weighted by Gasteiger charge is 2.48. The summed E-state index contributed by atoms with van der Waals surface area (Å²) in [7, 11) is 2.17. The van der Waals surface area contributed by atoms with Gasteiger partial charge in [0.05, 0.1) is 11.7 Å². The molecule has 0 radical (unpaired) electrons. The van der Waals surface area contributed by atoms with Crippen molar-refractivity contribution in [1.82, 2.24) is 34.9 Å². The van der Waals surface area contributed by atoms with Gasteiger partial charge in [0.2, 0.25) is 0 Å². The van der Waals surface area contributed by atoms with Gasteiger partial charge in [-0.2, -0.15) is 28.2 Å². The van der Waals surface area contributed by atoms with Gasteiger partial charge in [0.25, 0.3) is 0 Å². The zero-order valence-corrected chi connectivity index (χ0v) is 34.3. The lowest BCUT2D eigenvalue weighted by molar-refractivity contribution is -0.153. The van der Waals surface area contributed by atoms with Gasteiger partial charge < -0.3 is 33.8 Å². The Morgan fingerprint density at radius 3 is 2.34 bits per heavy atom. The molecule has 15 heteroatoms. The minimum Gasteiger partial charge on any atom is -0.481 e. The number of H-pyrrole nitrogens is 1. The number of carbonyl (C=O) groups is 1. The molecule has 312 valence electrons. The van der Waals surface area contributed by atoms with Crippen LogP contribution >= 0.6 is 0 Å². The van der Waals surface area contributed by atoms with Crippen LogP contribution < -0.4 is 14.4 Å². The van der Waals surface area contributed by atoms with Crippen molar-refractivity contribution < 1.29 is 32.2 Å². The van der Waals surface area contributed by atoms with Crippen molar-refractivity contribution in [3.8, 4) is 22.9 Å². The first-order valence-corrected chi connectivity index (χ1v) is 20.5. The average molecular weight is 805 g/mol. The Bertz CT molecular complexity index is 2150. The number of rotatable bonds is 8. The molecule has 58 heavy (non-hydrogen) atoms. The third-order valence-electron chi connectivity index (χ3n) is 12.4. The fourth-order valence-corrected chi connectivity index (χ4v) is 9.28. The maximum atomic E-state index is 14.1. The molecular formula is C43H55F3N8O4. The van der Waals surface area contributed by atoms with E-state index in [-0.39, 0.29) is 34.9 Å². The fraction of sp³-hybridized carbons (Fsp3) is 0.581. The standard InChI is InChI=1S/C43H55F3N8O4/c1-7-28-22-31-36(37(56-26-43(44,45)46)35(28)34-27(2)8-9-33-32(34)23-47-50-33)48-39(57-30-12-18-52(19-13-30)29-10-16-51(6)17-11-29)49-38(31)53-20-14-42(15-21-53)24-54(25-42)40(55)58-41(3,4)5/h7-9,22-23,29-30H,1,10-21,24-26H2,2-6H3,(H,47,50). The van der Waals surface area contributed by atoms with Crippen LogP contribution in [-0.2, 0) is 4.74 Å². The molecule has 4 aromatic rings. The number of aromatic amines is 1. The lowest BCUT2D eigenvalue weighted by Gasteiger charge is -2.53. The van der Waals surface area contributed by atoms with E-state index in [4.69, 9.17) is 24.2 Å². The number of fused-ring (bicyclic) bond motifs is 2. The lowest BCUT2D eigenvalue weighted by Crippen LogP contribution is -2.62. The highest BCUT2D eigenvalue weighted by atomic mass is 19.4. The average Bonchev–Trinajstić information content (AvgIpc) is 3.64. The summed E-state index contributed by atoms with van der Waals surface area (Å²) >= 11 is 0. The number of amides is 1. The molecule has 4 fully saturated rings. The smallest absolute Gasteiger partial charge is 0.422 e. The van der Waals surface area contributed by atoms with Crippen molar-refractivity contribution >= 4 is 39.8 Å². The number of hydrogen-bond donors (Lipinski definition) is 1. The molecule has 4 aliphatic heterocycles. The first-order valence-electron chi connectivity index (χ1n) is 20.5. The molecule has 12 nitrogen and oxygen atoms in total. The summed E-state index contributed by atoms with van der Waals surface area (Å²) in [6, 6.07) is 6.39. The predicted octanol–water partition coefficient (Wildman–Crippen LogP) is 7.84. The molecule has 0 saturated carbocycles. The van der Waals surface area contributed by atoms with Crippen LogP contribution in [0.3, 0.4) is 0 Å². The molecule has 1 N–H and O–H groups in total. The van der Waals surface area contributed by atoms with Crippen molar-refractivity contribution in [2.24, 2.45) is 5.41 Å². The largest absolute Gasteiger partial charge is 0.481 e. The van der Waals surface area contributed by atoms with Crippen molar-refractivity contribution in [3.05, 3.63) is 42.1 Å². The summed E-state index contributed by atoms with van der Waals surface area (Å²) in [4.78, 5) is 31.7. The maximum Gasteiger partial charge on any atom is 0.422 e. The van der Waals surface area contributed by atoms with E-state index in [0.29, 0.717) is 60.1 Å². The number of nitrogens with zero attached hydrogens (tertiary/aromatic N) is 7. The minimum absolute atomic E-state index is 0.00686. The molecule has 0 aliphatic carbocycles. The van der Waals surface area contributed by atoms with E-state index in [1.807, 2.05) is 45.9 Å². The third-order valence-corrected chi connectivity index (χ3v) is 12.4. The zero-order valence-electron chi connectivity index (χ0n) is 34.3.